The molecule has 0 aromatic heterocycles. The lowest BCUT2D eigenvalue weighted by Gasteiger charge is -2.20. The quantitative estimate of drug-likeness (QED) is 0.620. The first-order chi connectivity index (χ1) is 8.50. The molecule has 1 amide bonds. The predicted octanol–water partition coefficient (Wildman–Crippen LogP) is 2.21. The van der Waals surface area contributed by atoms with Crippen LogP contribution < -0.4 is 11.1 Å². The molecule has 3 N–H and O–H groups in total. The molecule has 1 rings (SSSR count). The third-order valence-corrected chi connectivity index (χ3v) is 3.67. The molecule has 0 aliphatic carbocycles. The summed E-state index contributed by atoms with van der Waals surface area (Å²) in [6, 6.07) is 9.57. The third-order valence-electron chi connectivity index (χ3n) is 2.40. The lowest BCUT2D eigenvalue weighted by atomic mass is 10.0. The highest BCUT2D eigenvalue weighted by atomic mass is 32.2. The first kappa shape index (κ1) is 15.0. The van der Waals surface area contributed by atoms with Crippen molar-refractivity contribution in [2.45, 2.75) is 24.8 Å². The number of carbonyl (C=O) groups is 1. The van der Waals surface area contributed by atoms with E-state index in [4.69, 9.17) is 18.0 Å². The lowest BCUT2D eigenvalue weighted by Crippen LogP contribution is -2.47. The molecule has 0 radical (unpaired) electrons. The van der Waals surface area contributed by atoms with Crippen molar-refractivity contribution in [2.24, 2.45) is 11.7 Å². The molecule has 0 bridgehead atoms. The van der Waals surface area contributed by atoms with Gasteiger partial charge in [-0.15, -0.1) is 11.8 Å². The van der Waals surface area contributed by atoms with Crippen molar-refractivity contribution in [1.29, 1.82) is 0 Å². The van der Waals surface area contributed by atoms with Crippen LogP contribution in [0.4, 0.5) is 0 Å². The monoisotopic (exact) mass is 282 g/mol. The van der Waals surface area contributed by atoms with Crippen molar-refractivity contribution in [3.63, 3.8) is 0 Å². The van der Waals surface area contributed by atoms with E-state index in [2.05, 4.69) is 5.32 Å². The molecule has 1 atom stereocenters. The number of hydrogen-bond acceptors (Lipinski definition) is 3. The number of thiocarbonyl (C=S) groups is 1. The van der Waals surface area contributed by atoms with Gasteiger partial charge < -0.3 is 11.1 Å². The van der Waals surface area contributed by atoms with E-state index in [1.54, 1.807) is 0 Å². The molecular weight excluding hydrogens is 264 g/mol. The predicted molar refractivity (Wildman–Crippen MR) is 80.7 cm³/mol. The maximum atomic E-state index is 11.8. The molecule has 0 aliphatic rings. The number of nitrogens with one attached hydrogen (secondary N) is 1. The summed E-state index contributed by atoms with van der Waals surface area (Å²) < 4.78 is 0. The standard InChI is InChI=1S/C13H18N2OS2/c1-9(2)12(13(14)17)15-11(16)8-18-10-6-4-3-5-7-10/h3-7,9,12H,8H2,1-2H3,(H2,14,17)(H,15,16). The van der Waals surface area contributed by atoms with Gasteiger partial charge >= 0.3 is 0 Å². The molecule has 1 aromatic rings. The van der Waals surface area contributed by atoms with E-state index in [0.29, 0.717) is 10.7 Å². The summed E-state index contributed by atoms with van der Waals surface area (Å²) in [5.74, 6) is 0.527. The Morgan fingerprint density at radius 3 is 2.50 bits per heavy atom. The molecule has 0 spiro atoms. The van der Waals surface area contributed by atoms with Crippen LogP contribution in [-0.2, 0) is 4.79 Å². The number of amides is 1. The summed E-state index contributed by atoms with van der Waals surface area (Å²) in [5.41, 5.74) is 5.60. The van der Waals surface area contributed by atoms with E-state index in [1.807, 2.05) is 44.2 Å². The van der Waals surface area contributed by atoms with E-state index in [0.717, 1.165) is 4.90 Å². The normalized spacial score (nSPS) is 12.2. The summed E-state index contributed by atoms with van der Waals surface area (Å²) in [5, 5.41) is 2.86. The number of benzene rings is 1. The van der Waals surface area contributed by atoms with Crippen LogP contribution in [0.1, 0.15) is 13.8 Å². The van der Waals surface area contributed by atoms with Gasteiger partial charge in [-0.3, -0.25) is 4.79 Å². The Morgan fingerprint density at radius 2 is 2.00 bits per heavy atom. The van der Waals surface area contributed by atoms with Gasteiger partial charge in [0.25, 0.3) is 0 Å². The second kappa shape index (κ2) is 7.38. The SMILES string of the molecule is CC(C)C(NC(=O)CSc1ccccc1)C(N)=S. The van der Waals surface area contributed by atoms with Gasteiger partial charge in [-0.05, 0) is 18.1 Å². The molecule has 0 heterocycles. The van der Waals surface area contributed by atoms with Crippen molar-refractivity contribution in [2.75, 3.05) is 5.75 Å². The minimum atomic E-state index is -0.233. The molecule has 0 saturated heterocycles. The van der Waals surface area contributed by atoms with Crippen LogP contribution in [0.25, 0.3) is 0 Å². The lowest BCUT2D eigenvalue weighted by molar-refractivity contribution is -0.119. The zero-order valence-corrected chi connectivity index (χ0v) is 12.2. The number of nitrogens with two attached hydrogens (primary N) is 1. The van der Waals surface area contributed by atoms with Crippen LogP contribution in [-0.4, -0.2) is 22.7 Å². The molecule has 5 heteroatoms. The van der Waals surface area contributed by atoms with Gasteiger partial charge in [0, 0.05) is 4.90 Å². The average molecular weight is 282 g/mol. The van der Waals surface area contributed by atoms with Crippen LogP contribution in [0, 0.1) is 5.92 Å². The van der Waals surface area contributed by atoms with E-state index in [-0.39, 0.29) is 17.9 Å². The largest absolute Gasteiger partial charge is 0.392 e. The van der Waals surface area contributed by atoms with Gasteiger partial charge in [0.05, 0.1) is 16.8 Å². The zero-order chi connectivity index (χ0) is 13.5. The smallest absolute Gasteiger partial charge is 0.230 e. The van der Waals surface area contributed by atoms with Crippen molar-refractivity contribution in [3.05, 3.63) is 30.3 Å². The fourth-order valence-corrected chi connectivity index (χ4v) is 2.51. The number of hydrogen-bond donors (Lipinski definition) is 2. The summed E-state index contributed by atoms with van der Waals surface area (Å²) in [7, 11) is 0. The Labute approximate surface area is 118 Å². The van der Waals surface area contributed by atoms with Crippen molar-refractivity contribution < 1.29 is 4.79 Å². The molecule has 1 aromatic carbocycles. The van der Waals surface area contributed by atoms with Crippen LogP contribution in [0.5, 0.6) is 0 Å². The number of carbonyl (C=O) groups excluding carboxylic acids is 1. The Balaban J connectivity index is 2.44. The first-order valence-electron chi connectivity index (χ1n) is 5.77. The molecule has 98 valence electrons. The van der Waals surface area contributed by atoms with E-state index in [9.17, 15) is 4.79 Å². The highest BCUT2D eigenvalue weighted by molar-refractivity contribution is 8.00. The maximum Gasteiger partial charge on any atom is 0.230 e. The topological polar surface area (TPSA) is 55.1 Å². The molecule has 0 fully saturated rings. The molecule has 1 unspecified atom stereocenters. The third kappa shape index (κ3) is 5.06. The van der Waals surface area contributed by atoms with E-state index < -0.39 is 0 Å². The zero-order valence-electron chi connectivity index (χ0n) is 10.6. The summed E-state index contributed by atoms with van der Waals surface area (Å²) in [6.07, 6.45) is 0. The number of thioether (sulfide) groups is 1. The molecule has 3 nitrogen and oxygen atoms in total. The fourth-order valence-electron chi connectivity index (χ4n) is 1.45. The second-order valence-corrected chi connectivity index (χ2v) is 5.81. The van der Waals surface area contributed by atoms with Gasteiger partial charge in [-0.25, -0.2) is 0 Å². The Morgan fingerprint density at radius 1 is 1.39 bits per heavy atom. The van der Waals surface area contributed by atoms with Crippen LogP contribution >= 0.6 is 24.0 Å². The Kier molecular flexibility index (Phi) is 6.15. The van der Waals surface area contributed by atoms with Crippen molar-refractivity contribution in [1.82, 2.24) is 5.32 Å². The van der Waals surface area contributed by atoms with Gasteiger partial charge in [0.15, 0.2) is 0 Å². The molecule has 18 heavy (non-hydrogen) atoms. The fraction of sp³-hybridized carbons (Fsp3) is 0.385. The molecule has 0 aliphatic heterocycles. The number of rotatable bonds is 6. The van der Waals surface area contributed by atoms with Gasteiger partial charge in [0.1, 0.15) is 0 Å². The van der Waals surface area contributed by atoms with E-state index in [1.165, 1.54) is 11.8 Å². The highest BCUT2D eigenvalue weighted by Gasteiger charge is 2.18. The van der Waals surface area contributed by atoms with Crippen LogP contribution in [0.3, 0.4) is 0 Å². The summed E-state index contributed by atoms with van der Waals surface area (Å²) >= 11 is 6.44. The summed E-state index contributed by atoms with van der Waals surface area (Å²) in [6.45, 7) is 3.96. The van der Waals surface area contributed by atoms with Gasteiger partial charge in [-0.2, -0.15) is 0 Å². The van der Waals surface area contributed by atoms with Crippen molar-refractivity contribution in [3.8, 4) is 0 Å². The van der Waals surface area contributed by atoms with Gasteiger partial charge in [0.2, 0.25) is 5.91 Å². The Bertz CT molecular complexity index is 407. The van der Waals surface area contributed by atoms with E-state index >= 15 is 0 Å². The Hall–Kier alpha value is -1.07. The second-order valence-electron chi connectivity index (χ2n) is 4.29. The van der Waals surface area contributed by atoms with Crippen LogP contribution in [0.2, 0.25) is 0 Å². The average Bonchev–Trinajstić information content (AvgIpc) is 2.34. The van der Waals surface area contributed by atoms with Crippen LogP contribution in [0.15, 0.2) is 35.2 Å². The summed E-state index contributed by atoms with van der Waals surface area (Å²) in [4.78, 5) is 13.2. The first-order valence-corrected chi connectivity index (χ1v) is 7.16. The molecular formula is C13H18N2OS2. The highest BCUT2D eigenvalue weighted by Crippen LogP contribution is 2.16. The minimum absolute atomic E-state index is 0.0460. The maximum absolute atomic E-state index is 11.8. The van der Waals surface area contributed by atoms with Gasteiger partial charge in [-0.1, -0.05) is 44.3 Å². The minimum Gasteiger partial charge on any atom is -0.392 e. The molecule has 0 saturated carbocycles. The van der Waals surface area contributed by atoms with Crippen molar-refractivity contribution >= 4 is 34.9 Å².